The molecule has 2 aliphatic heterocycles. The summed E-state index contributed by atoms with van der Waals surface area (Å²) in [5.41, 5.74) is 4.00. The average Bonchev–Trinajstić information content (AvgIpc) is 3.51. The molecule has 35 heavy (non-hydrogen) atoms. The first-order valence-corrected chi connectivity index (χ1v) is 12.0. The molecule has 184 valence electrons. The van der Waals surface area contributed by atoms with Gasteiger partial charge in [0.1, 0.15) is 12.6 Å². The van der Waals surface area contributed by atoms with Gasteiger partial charge in [-0.15, -0.1) is 0 Å². The highest BCUT2D eigenvalue weighted by molar-refractivity contribution is 5.88. The topological polar surface area (TPSA) is 105 Å². The molecule has 0 aromatic heterocycles. The average molecular weight is 479 g/mol. The number of benzene rings is 2. The van der Waals surface area contributed by atoms with Crippen LogP contribution in [-0.4, -0.2) is 65.9 Å². The standard InChI is InChI=1S/C27H30N2O6/c1-27(2)12-13-29(23(27)25(31)32)24(30)22-21(11-14-34-22)28-26(33)35-15-20-18-9-5-3-7-16(18)17-8-4-6-10-19(17)20/h3-10,20-23H,11-15H2,1-2H3,(H,28,33)(H,31,32)/t21-,22+,23?/m0/s1. The summed E-state index contributed by atoms with van der Waals surface area (Å²) in [5, 5.41) is 12.5. The van der Waals surface area contributed by atoms with Crippen molar-refractivity contribution >= 4 is 18.0 Å². The summed E-state index contributed by atoms with van der Waals surface area (Å²) in [5.74, 6) is -1.49. The van der Waals surface area contributed by atoms with E-state index in [1.54, 1.807) is 0 Å². The molecule has 2 N–H and O–H groups in total. The van der Waals surface area contributed by atoms with Crippen LogP contribution >= 0.6 is 0 Å². The maximum absolute atomic E-state index is 13.2. The van der Waals surface area contributed by atoms with Crippen molar-refractivity contribution < 1.29 is 29.0 Å². The molecule has 0 bridgehead atoms. The fraction of sp³-hybridized carbons (Fsp3) is 0.444. The van der Waals surface area contributed by atoms with E-state index in [9.17, 15) is 19.5 Å². The van der Waals surface area contributed by atoms with Crippen LogP contribution in [-0.2, 0) is 19.1 Å². The summed E-state index contributed by atoms with van der Waals surface area (Å²) in [7, 11) is 0. The SMILES string of the molecule is CC1(C)CCN(C(=O)[C@@H]2OCC[C@@H]2NC(=O)OCC2c3ccccc3-c3ccccc32)C1C(=O)O. The second-order valence-electron chi connectivity index (χ2n) is 10.2. The predicted octanol–water partition coefficient (Wildman–Crippen LogP) is 3.39. The first-order chi connectivity index (χ1) is 16.8. The molecule has 2 aromatic carbocycles. The van der Waals surface area contributed by atoms with Crippen LogP contribution in [0, 0.1) is 5.41 Å². The van der Waals surface area contributed by atoms with E-state index in [-0.39, 0.29) is 12.5 Å². The van der Waals surface area contributed by atoms with Crippen LogP contribution in [0.1, 0.15) is 43.7 Å². The molecule has 0 spiro atoms. The zero-order chi connectivity index (χ0) is 24.7. The lowest BCUT2D eigenvalue weighted by Crippen LogP contribution is -2.54. The van der Waals surface area contributed by atoms with Gasteiger partial charge in [0.05, 0.1) is 6.04 Å². The summed E-state index contributed by atoms with van der Waals surface area (Å²) in [4.78, 5) is 39.2. The number of rotatable bonds is 5. The number of likely N-dealkylation sites (tertiary alicyclic amines) is 1. The summed E-state index contributed by atoms with van der Waals surface area (Å²) < 4.78 is 11.3. The molecule has 3 atom stereocenters. The monoisotopic (exact) mass is 478 g/mol. The van der Waals surface area contributed by atoms with Gasteiger partial charge in [-0.2, -0.15) is 0 Å². The highest BCUT2D eigenvalue weighted by Gasteiger charge is 2.50. The van der Waals surface area contributed by atoms with Gasteiger partial charge in [0, 0.05) is 19.1 Å². The molecule has 5 rings (SSSR count). The third kappa shape index (κ3) is 4.16. The van der Waals surface area contributed by atoms with Crippen molar-refractivity contribution in [2.24, 2.45) is 5.41 Å². The normalized spacial score (nSPS) is 24.6. The number of nitrogens with zero attached hydrogens (tertiary/aromatic N) is 1. The van der Waals surface area contributed by atoms with E-state index in [0.717, 1.165) is 22.3 Å². The number of carbonyl (C=O) groups is 3. The number of aliphatic carboxylic acids is 1. The Hall–Kier alpha value is -3.39. The molecule has 2 aromatic rings. The van der Waals surface area contributed by atoms with Crippen LogP contribution in [0.25, 0.3) is 11.1 Å². The van der Waals surface area contributed by atoms with Gasteiger partial charge in [-0.05, 0) is 40.5 Å². The van der Waals surface area contributed by atoms with Crippen LogP contribution in [0.4, 0.5) is 4.79 Å². The summed E-state index contributed by atoms with van der Waals surface area (Å²) in [6.45, 7) is 4.52. The lowest BCUT2D eigenvalue weighted by atomic mass is 9.85. The van der Waals surface area contributed by atoms with E-state index in [1.165, 1.54) is 4.90 Å². The minimum atomic E-state index is -1.03. The lowest BCUT2D eigenvalue weighted by molar-refractivity contribution is -0.155. The molecule has 1 aliphatic carbocycles. The first-order valence-electron chi connectivity index (χ1n) is 12.0. The van der Waals surface area contributed by atoms with E-state index < -0.39 is 41.6 Å². The Kier molecular flexibility index (Phi) is 6.01. The third-order valence-electron chi connectivity index (χ3n) is 7.55. The molecule has 2 fully saturated rings. The number of carboxylic acid groups (broad SMARTS) is 1. The van der Waals surface area contributed by atoms with Crippen LogP contribution in [0.5, 0.6) is 0 Å². The molecule has 8 nitrogen and oxygen atoms in total. The molecule has 8 heteroatoms. The van der Waals surface area contributed by atoms with Crippen molar-refractivity contribution in [3.8, 4) is 11.1 Å². The van der Waals surface area contributed by atoms with Gasteiger partial charge in [-0.3, -0.25) is 4.79 Å². The Labute approximate surface area is 204 Å². The summed E-state index contributed by atoms with van der Waals surface area (Å²) >= 11 is 0. The quantitative estimate of drug-likeness (QED) is 0.683. The van der Waals surface area contributed by atoms with E-state index in [2.05, 4.69) is 29.6 Å². The molecule has 2 amide bonds. The van der Waals surface area contributed by atoms with E-state index in [1.807, 2.05) is 38.1 Å². The minimum absolute atomic E-state index is 0.0615. The highest BCUT2D eigenvalue weighted by Crippen LogP contribution is 2.44. The molecule has 2 saturated heterocycles. The Bertz CT molecular complexity index is 1120. The van der Waals surface area contributed by atoms with Gasteiger partial charge in [-0.25, -0.2) is 9.59 Å². The van der Waals surface area contributed by atoms with Crippen molar-refractivity contribution in [1.29, 1.82) is 0 Å². The molecule has 3 aliphatic rings. The molecule has 1 unspecified atom stereocenters. The van der Waals surface area contributed by atoms with Crippen molar-refractivity contribution in [3.05, 3.63) is 59.7 Å². The van der Waals surface area contributed by atoms with Gasteiger partial charge >= 0.3 is 12.1 Å². The van der Waals surface area contributed by atoms with E-state index >= 15 is 0 Å². The number of hydrogen-bond donors (Lipinski definition) is 2. The number of ether oxygens (including phenoxy) is 2. The maximum Gasteiger partial charge on any atom is 0.407 e. The Morgan fingerprint density at radius 2 is 1.71 bits per heavy atom. The van der Waals surface area contributed by atoms with E-state index in [0.29, 0.717) is 26.0 Å². The van der Waals surface area contributed by atoms with E-state index in [4.69, 9.17) is 9.47 Å². The molecular weight excluding hydrogens is 448 g/mol. The number of nitrogens with one attached hydrogen (secondary N) is 1. The van der Waals surface area contributed by atoms with Crippen molar-refractivity contribution in [2.45, 2.75) is 50.8 Å². The fourth-order valence-corrected chi connectivity index (χ4v) is 5.74. The molecule has 0 saturated carbocycles. The summed E-state index contributed by atoms with van der Waals surface area (Å²) in [6, 6.07) is 14.7. The number of alkyl carbamates (subject to hydrolysis) is 1. The Balaban J connectivity index is 1.24. The molecule has 2 heterocycles. The van der Waals surface area contributed by atoms with Crippen molar-refractivity contribution in [1.82, 2.24) is 10.2 Å². The van der Waals surface area contributed by atoms with Crippen LogP contribution in [0.2, 0.25) is 0 Å². The fourth-order valence-electron chi connectivity index (χ4n) is 5.74. The zero-order valence-electron chi connectivity index (χ0n) is 19.9. The third-order valence-corrected chi connectivity index (χ3v) is 7.55. The van der Waals surface area contributed by atoms with Gasteiger partial charge < -0.3 is 24.8 Å². The van der Waals surface area contributed by atoms with Gasteiger partial charge in [0.25, 0.3) is 5.91 Å². The Morgan fingerprint density at radius 3 is 2.34 bits per heavy atom. The zero-order valence-corrected chi connectivity index (χ0v) is 19.9. The lowest BCUT2D eigenvalue weighted by Gasteiger charge is -2.31. The van der Waals surface area contributed by atoms with Gasteiger partial charge in [0.15, 0.2) is 6.10 Å². The number of hydrogen-bond acceptors (Lipinski definition) is 5. The van der Waals surface area contributed by atoms with Gasteiger partial charge in [0.2, 0.25) is 0 Å². The van der Waals surface area contributed by atoms with Crippen LogP contribution < -0.4 is 5.32 Å². The smallest absolute Gasteiger partial charge is 0.407 e. The van der Waals surface area contributed by atoms with Crippen LogP contribution in [0.15, 0.2) is 48.5 Å². The predicted molar refractivity (Wildman–Crippen MR) is 128 cm³/mol. The van der Waals surface area contributed by atoms with Crippen LogP contribution in [0.3, 0.4) is 0 Å². The van der Waals surface area contributed by atoms with Gasteiger partial charge in [-0.1, -0.05) is 62.4 Å². The second kappa shape index (κ2) is 9.00. The molecular formula is C27H30N2O6. The highest BCUT2D eigenvalue weighted by atomic mass is 16.6. The number of carbonyl (C=O) groups excluding carboxylic acids is 2. The summed E-state index contributed by atoms with van der Waals surface area (Å²) in [6.07, 6.45) is -0.495. The molecule has 0 radical (unpaired) electrons. The number of carboxylic acids is 1. The number of fused-ring (bicyclic) bond motifs is 3. The maximum atomic E-state index is 13.2. The second-order valence-corrected chi connectivity index (χ2v) is 10.2. The van der Waals surface area contributed by atoms with Crippen molar-refractivity contribution in [3.63, 3.8) is 0 Å². The minimum Gasteiger partial charge on any atom is -0.480 e. The van der Waals surface area contributed by atoms with Crippen molar-refractivity contribution in [2.75, 3.05) is 19.8 Å². The number of amides is 2. The largest absolute Gasteiger partial charge is 0.480 e. The first kappa shape index (κ1) is 23.4. The Morgan fingerprint density at radius 1 is 1.09 bits per heavy atom.